The van der Waals surface area contributed by atoms with Crippen molar-refractivity contribution in [3.05, 3.63) is 28.8 Å². The molecule has 0 aliphatic rings. The molecule has 0 saturated heterocycles. The van der Waals surface area contributed by atoms with Gasteiger partial charge >= 0.3 is 0 Å². The van der Waals surface area contributed by atoms with Gasteiger partial charge in [0.1, 0.15) is 5.75 Å². The fourth-order valence-electron chi connectivity index (χ4n) is 1.64. The summed E-state index contributed by atoms with van der Waals surface area (Å²) in [5.41, 5.74) is 2.47. The van der Waals surface area contributed by atoms with Crippen LogP contribution in [0.3, 0.4) is 0 Å². The molecule has 0 fully saturated rings. The Bertz CT molecular complexity index is 339. The summed E-state index contributed by atoms with van der Waals surface area (Å²) in [4.78, 5) is 0. The van der Waals surface area contributed by atoms with Crippen LogP contribution in [0, 0.1) is 0 Å². The first-order valence-corrected chi connectivity index (χ1v) is 5.36. The van der Waals surface area contributed by atoms with Crippen LogP contribution in [-0.4, -0.2) is 17.3 Å². The number of methoxy groups -OCH3 is 1. The predicted molar refractivity (Wildman–Crippen MR) is 63.5 cm³/mol. The summed E-state index contributed by atoms with van der Waals surface area (Å²) in [6.07, 6.45) is 0. The Balaban J connectivity index is 3.37. The third-order valence-corrected chi connectivity index (χ3v) is 2.72. The van der Waals surface area contributed by atoms with Crippen LogP contribution in [0.15, 0.2) is 12.1 Å². The van der Waals surface area contributed by atoms with Crippen LogP contribution in [0.4, 0.5) is 0 Å². The van der Waals surface area contributed by atoms with Crippen molar-refractivity contribution in [1.82, 2.24) is 0 Å². The number of hydrogen-bond acceptors (Lipinski definition) is 3. The van der Waals surface area contributed by atoms with E-state index in [0.717, 1.165) is 11.1 Å². The highest BCUT2D eigenvalue weighted by Crippen LogP contribution is 2.31. The molecule has 0 aromatic heterocycles. The Hall–Kier alpha value is -1.06. The minimum Gasteiger partial charge on any atom is -0.496 e. The summed E-state index contributed by atoms with van der Waals surface area (Å²) in [7, 11) is 1.57. The molecule has 0 amide bonds. The summed E-state index contributed by atoms with van der Waals surface area (Å²) in [5, 5.41) is 18.6. The molecule has 0 heterocycles. The van der Waals surface area contributed by atoms with Gasteiger partial charge in [0.25, 0.3) is 0 Å². The van der Waals surface area contributed by atoms with Crippen molar-refractivity contribution in [2.24, 2.45) is 0 Å². The molecule has 0 spiro atoms. The van der Waals surface area contributed by atoms with Crippen molar-refractivity contribution in [3.8, 4) is 5.75 Å². The lowest BCUT2D eigenvalue weighted by Gasteiger charge is -2.22. The van der Waals surface area contributed by atoms with Gasteiger partial charge in [-0.1, -0.05) is 26.8 Å². The molecular weight excluding hydrogens is 204 g/mol. The SMILES string of the molecule is COc1cc(C(C)(C)C)cc(CO)c1CO. The standard InChI is InChI=1S/C13H20O3/c1-13(2,3)10-5-9(7-14)11(8-15)12(6-10)16-4/h5-6,14-15H,7-8H2,1-4H3. The van der Waals surface area contributed by atoms with Crippen LogP contribution in [-0.2, 0) is 18.6 Å². The van der Waals surface area contributed by atoms with Crippen LogP contribution in [0.1, 0.15) is 37.5 Å². The van der Waals surface area contributed by atoms with Crippen LogP contribution in [0.25, 0.3) is 0 Å². The van der Waals surface area contributed by atoms with Crippen molar-refractivity contribution in [2.45, 2.75) is 39.4 Å². The summed E-state index contributed by atoms with van der Waals surface area (Å²) in [6, 6.07) is 3.85. The van der Waals surface area contributed by atoms with E-state index in [0.29, 0.717) is 11.3 Å². The maximum Gasteiger partial charge on any atom is 0.125 e. The topological polar surface area (TPSA) is 49.7 Å². The van der Waals surface area contributed by atoms with Crippen molar-refractivity contribution in [3.63, 3.8) is 0 Å². The Labute approximate surface area is 96.7 Å². The molecule has 0 unspecified atom stereocenters. The number of rotatable bonds is 3. The summed E-state index contributed by atoms with van der Waals surface area (Å²) in [5.74, 6) is 0.638. The van der Waals surface area contributed by atoms with Gasteiger partial charge in [-0.2, -0.15) is 0 Å². The Morgan fingerprint density at radius 2 is 1.75 bits per heavy atom. The van der Waals surface area contributed by atoms with E-state index >= 15 is 0 Å². The zero-order valence-electron chi connectivity index (χ0n) is 10.4. The van der Waals surface area contributed by atoms with Gasteiger partial charge < -0.3 is 14.9 Å². The second-order valence-corrected chi connectivity index (χ2v) is 4.88. The van der Waals surface area contributed by atoms with Gasteiger partial charge in [0.2, 0.25) is 0 Å². The van der Waals surface area contributed by atoms with Gasteiger partial charge in [0.15, 0.2) is 0 Å². The molecule has 3 heteroatoms. The predicted octanol–water partition coefficient (Wildman–Crippen LogP) is 1.98. The van der Waals surface area contributed by atoms with E-state index in [-0.39, 0.29) is 18.6 Å². The molecule has 3 nitrogen and oxygen atoms in total. The monoisotopic (exact) mass is 224 g/mol. The third kappa shape index (κ3) is 2.54. The molecule has 1 rings (SSSR count). The molecular formula is C13H20O3. The molecule has 0 bridgehead atoms. The quantitative estimate of drug-likeness (QED) is 0.825. The number of benzene rings is 1. The van der Waals surface area contributed by atoms with Gasteiger partial charge in [0.05, 0.1) is 20.3 Å². The average Bonchev–Trinajstić information content (AvgIpc) is 2.25. The smallest absolute Gasteiger partial charge is 0.125 e. The van der Waals surface area contributed by atoms with E-state index in [1.807, 2.05) is 12.1 Å². The van der Waals surface area contributed by atoms with E-state index in [2.05, 4.69) is 20.8 Å². The lowest BCUT2D eigenvalue weighted by molar-refractivity contribution is 0.253. The third-order valence-electron chi connectivity index (χ3n) is 2.72. The van der Waals surface area contributed by atoms with Gasteiger partial charge in [-0.15, -0.1) is 0 Å². The molecule has 0 aliphatic carbocycles. The zero-order chi connectivity index (χ0) is 12.3. The molecule has 0 aliphatic heterocycles. The first-order chi connectivity index (χ1) is 7.43. The zero-order valence-corrected chi connectivity index (χ0v) is 10.4. The maximum atomic E-state index is 9.29. The lowest BCUT2D eigenvalue weighted by atomic mass is 9.85. The van der Waals surface area contributed by atoms with Crippen LogP contribution in [0.5, 0.6) is 5.75 Å². The Morgan fingerprint density at radius 3 is 2.12 bits per heavy atom. The number of aliphatic hydroxyl groups excluding tert-OH is 2. The average molecular weight is 224 g/mol. The second-order valence-electron chi connectivity index (χ2n) is 4.88. The van der Waals surface area contributed by atoms with E-state index in [9.17, 15) is 10.2 Å². The fraction of sp³-hybridized carbons (Fsp3) is 0.538. The highest BCUT2D eigenvalue weighted by molar-refractivity contribution is 5.45. The van der Waals surface area contributed by atoms with Crippen molar-refractivity contribution in [2.75, 3.05) is 7.11 Å². The molecule has 90 valence electrons. The number of hydrogen-bond donors (Lipinski definition) is 2. The normalized spacial score (nSPS) is 11.6. The largest absolute Gasteiger partial charge is 0.496 e. The first kappa shape index (κ1) is 13.0. The Morgan fingerprint density at radius 1 is 1.12 bits per heavy atom. The van der Waals surface area contributed by atoms with Crippen molar-refractivity contribution < 1.29 is 14.9 Å². The summed E-state index contributed by atoms with van der Waals surface area (Å²) >= 11 is 0. The molecule has 0 saturated carbocycles. The van der Waals surface area contributed by atoms with Crippen LogP contribution < -0.4 is 4.74 Å². The van der Waals surface area contributed by atoms with Crippen molar-refractivity contribution in [1.29, 1.82) is 0 Å². The molecule has 2 N–H and O–H groups in total. The van der Waals surface area contributed by atoms with Crippen LogP contribution >= 0.6 is 0 Å². The molecule has 0 radical (unpaired) electrons. The second kappa shape index (κ2) is 4.85. The van der Waals surface area contributed by atoms with Crippen molar-refractivity contribution >= 4 is 0 Å². The van der Waals surface area contributed by atoms with Gasteiger partial charge in [-0.25, -0.2) is 0 Å². The van der Waals surface area contributed by atoms with Gasteiger partial charge in [-0.3, -0.25) is 0 Å². The fourth-order valence-corrected chi connectivity index (χ4v) is 1.64. The summed E-state index contributed by atoms with van der Waals surface area (Å²) in [6.45, 7) is 6.09. The molecule has 1 aromatic rings. The minimum absolute atomic E-state index is 0.00874. The van der Waals surface area contributed by atoms with Crippen LogP contribution in [0.2, 0.25) is 0 Å². The molecule has 16 heavy (non-hydrogen) atoms. The van der Waals surface area contributed by atoms with E-state index in [1.165, 1.54) is 0 Å². The molecule has 0 atom stereocenters. The maximum absolute atomic E-state index is 9.29. The van der Waals surface area contributed by atoms with E-state index < -0.39 is 0 Å². The molecule has 1 aromatic carbocycles. The number of aliphatic hydroxyl groups is 2. The first-order valence-electron chi connectivity index (χ1n) is 5.36. The number of ether oxygens (including phenoxy) is 1. The van der Waals surface area contributed by atoms with Gasteiger partial charge in [-0.05, 0) is 22.6 Å². The highest BCUT2D eigenvalue weighted by atomic mass is 16.5. The Kier molecular flexibility index (Phi) is 3.94. The lowest BCUT2D eigenvalue weighted by Crippen LogP contribution is -2.13. The highest BCUT2D eigenvalue weighted by Gasteiger charge is 2.18. The van der Waals surface area contributed by atoms with Gasteiger partial charge in [0, 0.05) is 5.56 Å². The van der Waals surface area contributed by atoms with E-state index in [4.69, 9.17) is 4.74 Å². The summed E-state index contributed by atoms with van der Waals surface area (Å²) < 4.78 is 5.24. The minimum atomic E-state index is -0.122. The van der Waals surface area contributed by atoms with E-state index in [1.54, 1.807) is 7.11 Å².